The van der Waals surface area contributed by atoms with Gasteiger partial charge in [-0.2, -0.15) is 13.7 Å². The fourth-order valence-electron chi connectivity index (χ4n) is 0.194. The Morgan fingerprint density at radius 3 is 2.60 bits per heavy atom. The predicted octanol–water partition coefficient (Wildman–Crippen LogP) is 0.566. The maximum Gasteiger partial charge on any atom is 0.324 e. The smallest absolute Gasteiger partial charge is 0.324 e. The minimum atomic E-state index is -3.79. The molecule has 0 rings (SSSR count). The summed E-state index contributed by atoms with van der Waals surface area (Å²) in [4.78, 5) is 0. The number of allylic oxidation sites excluding steroid dienone is 1. The number of nitriles is 1. The fraction of sp³-hybridized carbons (Fsp3) is 0.250. The van der Waals surface area contributed by atoms with Gasteiger partial charge in [0.1, 0.15) is 6.07 Å². The molecule has 0 aliphatic rings. The molecule has 0 fully saturated rings. The highest BCUT2D eigenvalue weighted by atomic mass is 35.5. The predicted molar refractivity (Wildman–Crippen MR) is 35.5 cm³/mol. The van der Waals surface area contributed by atoms with Gasteiger partial charge in [0.2, 0.25) is 5.76 Å². The molecule has 56 valence electrons. The first-order valence-corrected chi connectivity index (χ1v) is 4.20. The molecule has 6 heteroatoms. The lowest BCUT2D eigenvalue weighted by molar-refractivity contribution is 0.428. The minimum Gasteiger partial charge on any atom is -0.371 e. The van der Waals surface area contributed by atoms with Gasteiger partial charge in [-0.3, -0.25) is 0 Å². The Kier molecular flexibility index (Phi) is 3.19. The normalized spacial score (nSPS) is 10.0. The average Bonchev–Trinajstić information content (AvgIpc) is 1.87. The Morgan fingerprint density at radius 1 is 1.80 bits per heavy atom. The largest absolute Gasteiger partial charge is 0.371 e. The van der Waals surface area contributed by atoms with Crippen LogP contribution in [0.5, 0.6) is 0 Å². The fourth-order valence-corrected chi connectivity index (χ4v) is 0.716. The number of alkyl halides is 1. The molecule has 0 aliphatic heterocycles. The third-order valence-corrected chi connectivity index (χ3v) is 2.01. The molecule has 0 saturated heterocycles. The molecule has 0 aromatic heterocycles. The molecular weight excluding hydrogens is 178 g/mol. The van der Waals surface area contributed by atoms with Gasteiger partial charge in [0.15, 0.2) is 5.21 Å². The van der Waals surface area contributed by atoms with Crippen LogP contribution < -0.4 is 0 Å². The number of halogens is 1. The summed E-state index contributed by atoms with van der Waals surface area (Å²) < 4.78 is 24.8. The van der Waals surface area contributed by atoms with E-state index in [0.29, 0.717) is 0 Å². The molecule has 0 bridgehead atoms. The highest BCUT2D eigenvalue weighted by Gasteiger charge is 2.09. The average molecular weight is 182 g/mol. The zero-order valence-corrected chi connectivity index (χ0v) is 6.44. The van der Waals surface area contributed by atoms with Crippen molar-refractivity contribution < 1.29 is 12.6 Å². The molecule has 0 atom stereocenters. The molecule has 0 aliphatic carbocycles. The van der Waals surface area contributed by atoms with Crippen molar-refractivity contribution in [3.05, 3.63) is 12.3 Å². The summed E-state index contributed by atoms with van der Waals surface area (Å²) >= 11 is 4.93. The zero-order chi connectivity index (χ0) is 8.20. The third-order valence-electron chi connectivity index (χ3n) is 0.486. The lowest BCUT2D eigenvalue weighted by atomic mass is 10.7. The van der Waals surface area contributed by atoms with E-state index in [9.17, 15) is 8.42 Å². The second-order valence-electron chi connectivity index (χ2n) is 1.29. The van der Waals surface area contributed by atoms with Crippen molar-refractivity contribution in [3.8, 4) is 6.07 Å². The topological polar surface area (TPSA) is 67.2 Å². The first-order chi connectivity index (χ1) is 4.52. The quantitative estimate of drug-likeness (QED) is 0.276. The van der Waals surface area contributed by atoms with Crippen LogP contribution in [0.25, 0.3) is 0 Å². The Morgan fingerprint density at radius 2 is 2.30 bits per heavy atom. The van der Waals surface area contributed by atoms with E-state index in [1.54, 1.807) is 0 Å². The molecule has 0 aromatic rings. The van der Waals surface area contributed by atoms with Crippen molar-refractivity contribution in [2.24, 2.45) is 0 Å². The van der Waals surface area contributed by atoms with Crippen LogP contribution in [-0.4, -0.2) is 13.6 Å². The van der Waals surface area contributed by atoms with Crippen LogP contribution in [0.3, 0.4) is 0 Å². The molecule has 0 saturated carbocycles. The SMILES string of the molecule is C=C(C#N)OS(=O)(=O)CCl. The number of nitrogens with zero attached hydrogens (tertiary/aromatic N) is 1. The van der Waals surface area contributed by atoms with E-state index in [0.717, 1.165) is 0 Å². The molecule has 0 spiro atoms. The van der Waals surface area contributed by atoms with E-state index >= 15 is 0 Å². The van der Waals surface area contributed by atoms with Crippen LogP contribution in [-0.2, 0) is 14.3 Å². The Hall–Kier alpha value is -0.730. The van der Waals surface area contributed by atoms with Crippen LogP contribution in [0, 0.1) is 11.3 Å². The van der Waals surface area contributed by atoms with Crippen molar-refractivity contribution in [1.82, 2.24) is 0 Å². The van der Waals surface area contributed by atoms with Crippen LogP contribution in [0.2, 0.25) is 0 Å². The first kappa shape index (κ1) is 9.27. The van der Waals surface area contributed by atoms with Crippen LogP contribution in [0.4, 0.5) is 0 Å². The Balaban J connectivity index is 4.21. The molecule has 10 heavy (non-hydrogen) atoms. The van der Waals surface area contributed by atoms with Crippen molar-refractivity contribution in [2.75, 3.05) is 5.21 Å². The molecule has 0 unspecified atom stereocenters. The van der Waals surface area contributed by atoms with Crippen molar-refractivity contribution >= 4 is 21.7 Å². The van der Waals surface area contributed by atoms with Gasteiger partial charge in [-0.25, -0.2) is 0 Å². The van der Waals surface area contributed by atoms with Gasteiger partial charge in [0.05, 0.1) is 0 Å². The molecule has 0 radical (unpaired) electrons. The maximum atomic E-state index is 10.4. The summed E-state index contributed by atoms with van der Waals surface area (Å²) in [5.41, 5.74) is 0. The van der Waals surface area contributed by atoms with E-state index in [1.807, 2.05) is 0 Å². The monoisotopic (exact) mass is 181 g/mol. The number of hydrogen-bond acceptors (Lipinski definition) is 4. The van der Waals surface area contributed by atoms with Crippen molar-refractivity contribution in [2.45, 2.75) is 0 Å². The second kappa shape index (κ2) is 3.44. The van der Waals surface area contributed by atoms with E-state index in [1.165, 1.54) is 6.07 Å². The van der Waals surface area contributed by atoms with Gasteiger partial charge >= 0.3 is 10.1 Å². The minimum absolute atomic E-state index is 0.486. The molecule has 0 N–H and O–H groups in total. The van der Waals surface area contributed by atoms with Crippen molar-refractivity contribution in [3.63, 3.8) is 0 Å². The molecule has 0 amide bonds. The maximum absolute atomic E-state index is 10.4. The molecular formula is C4H4ClNO3S. The van der Waals surface area contributed by atoms with Gasteiger partial charge < -0.3 is 4.18 Å². The summed E-state index contributed by atoms with van der Waals surface area (Å²) in [5, 5.41) is 7.32. The summed E-state index contributed by atoms with van der Waals surface area (Å²) in [6, 6.07) is 1.40. The van der Waals surface area contributed by atoms with Crippen LogP contribution in [0.15, 0.2) is 12.3 Å². The van der Waals surface area contributed by atoms with E-state index in [-0.39, 0.29) is 0 Å². The summed E-state index contributed by atoms with van der Waals surface area (Å²) in [6.07, 6.45) is 0. The molecule has 0 heterocycles. The first-order valence-electron chi connectivity index (χ1n) is 2.09. The summed E-state index contributed by atoms with van der Waals surface area (Å²) in [6.45, 7) is 2.99. The van der Waals surface area contributed by atoms with Crippen LogP contribution in [0.1, 0.15) is 0 Å². The lowest BCUT2D eigenvalue weighted by Gasteiger charge is -1.97. The summed E-state index contributed by atoms with van der Waals surface area (Å²) in [7, 11) is -3.79. The third kappa shape index (κ3) is 3.33. The van der Waals surface area contributed by atoms with E-state index < -0.39 is 21.1 Å². The van der Waals surface area contributed by atoms with Gasteiger partial charge in [0.25, 0.3) is 0 Å². The number of hydrogen-bond donors (Lipinski definition) is 0. The van der Waals surface area contributed by atoms with Gasteiger partial charge in [-0.1, -0.05) is 0 Å². The van der Waals surface area contributed by atoms with E-state index in [4.69, 9.17) is 16.9 Å². The molecule has 4 nitrogen and oxygen atoms in total. The highest BCUT2D eigenvalue weighted by molar-refractivity contribution is 7.88. The van der Waals surface area contributed by atoms with Crippen LogP contribution >= 0.6 is 11.6 Å². The summed E-state index contributed by atoms with van der Waals surface area (Å²) in [5.74, 6) is -0.486. The Bertz CT molecular complexity index is 263. The second-order valence-corrected chi connectivity index (χ2v) is 3.44. The standard InChI is InChI=1S/C4H4ClNO3S/c1-4(2-6)9-10(7,8)3-5/h1,3H2. The molecule has 0 aromatic carbocycles. The van der Waals surface area contributed by atoms with E-state index in [2.05, 4.69) is 10.8 Å². The highest BCUT2D eigenvalue weighted by Crippen LogP contribution is 2.01. The van der Waals surface area contributed by atoms with Gasteiger partial charge in [-0.15, -0.1) is 11.6 Å². The van der Waals surface area contributed by atoms with Gasteiger partial charge in [0, 0.05) is 0 Å². The zero-order valence-electron chi connectivity index (χ0n) is 4.87. The van der Waals surface area contributed by atoms with Crippen molar-refractivity contribution in [1.29, 1.82) is 5.26 Å². The van der Waals surface area contributed by atoms with Gasteiger partial charge in [-0.05, 0) is 6.58 Å². The lowest BCUT2D eigenvalue weighted by Crippen LogP contribution is -2.04. The Labute approximate surface area is 63.8 Å². The number of rotatable bonds is 3.